The number of carbonyl (C=O) groups excluding carboxylic acids is 1. The summed E-state index contributed by atoms with van der Waals surface area (Å²) in [5.41, 5.74) is 0.770. The van der Waals surface area contributed by atoms with Crippen LogP contribution in [0.2, 0.25) is 0 Å². The molecule has 2 aromatic carbocycles. The van der Waals surface area contributed by atoms with Crippen LogP contribution in [0.5, 0.6) is 5.75 Å². The van der Waals surface area contributed by atoms with Crippen LogP contribution in [0.1, 0.15) is 35.6 Å². The van der Waals surface area contributed by atoms with Gasteiger partial charge in [0.1, 0.15) is 6.61 Å². The quantitative estimate of drug-likeness (QED) is 0.552. The predicted molar refractivity (Wildman–Crippen MR) is 92.9 cm³/mol. The molecule has 1 amide bonds. The van der Waals surface area contributed by atoms with E-state index in [1.807, 2.05) is 6.92 Å². The fourth-order valence-corrected chi connectivity index (χ4v) is 2.67. The molecule has 0 radical (unpaired) electrons. The molecule has 2 rings (SSSR count). The average Bonchev–Trinajstić information content (AvgIpc) is 2.66. The number of anilines is 1. The van der Waals surface area contributed by atoms with Crippen molar-refractivity contribution in [2.45, 2.75) is 33.3 Å². The molecule has 0 fully saturated rings. The van der Waals surface area contributed by atoms with Gasteiger partial charge in [-0.05, 0) is 42.7 Å². The molecule has 0 aliphatic heterocycles. The number of hydrogen-bond donors (Lipinski definition) is 1. The summed E-state index contributed by atoms with van der Waals surface area (Å²) in [5, 5.41) is 10.0. The molecule has 0 aliphatic carbocycles. The van der Waals surface area contributed by atoms with E-state index in [0.717, 1.165) is 24.3 Å². The molecule has 0 saturated carbocycles. The van der Waals surface area contributed by atoms with Gasteiger partial charge in [-0.25, -0.2) is 18.0 Å². The van der Waals surface area contributed by atoms with Crippen molar-refractivity contribution in [3.05, 3.63) is 58.4 Å². The zero-order valence-corrected chi connectivity index (χ0v) is 15.1. The van der Waals surface area contributed by atoms with Crippen molar-refractivity contribution < 1.29 is 32.6 Å². The second kappa shape index (κ2) is 8.77. The molecular weight excluding hydrogens is 363 g/mol. The monoisotopic (exact) mass is 383 g/mol. The number of hydrogen-bond acceptors (Lipinski definition) is 4. The second-order valence-electron chi connectivity index (χ2n) is 5.78. The number of methoxy groups -OCH3 is 1. The lowest BCUT2D eigenvalue weighted by Gasteiger charge is -2.20. The van der Waals surface area contributed by atoms with Crippen LogP contribution in [0.4, 0.5) is 23.7 Å². The first-order valence-electron chi connectivity index (χ1n) is 8.18. The highest BCUT2D eigenvalue weighted by Gasteiger charge is 2.23. The lowest BCUT2D eigenvalue weighted by atomic mass is 10.0. The molecule has 0 saturated heterocycles. The molecule has 2 aromatic rings. The summed E-state index contributed by atoms with van der Waals surface area (Å²) in [6.45, 7) is 3.19. The molecule has 1 N–H and O–H groups in total. The van der Waals surface area contributed by atoms with Gasteiger partial charge < -0.3 is 9.47 Å². The van der Waals surface area contributed by atoms with Crippen LogP contribution in [-0.4, -0.2) is 18.4 Å². The highest BCUT2D eigenvalue weighted by Crippen LogP contribution is 2.32. The Bertz CT molecular complexity index is 827. The maximum atomic E-state index is 14.2. The highest BCUT2D eigenvalue weighted by atomic mass is 19.3. The van der Waals surface area contributed by atoms with Crippen LogP contribution in [0.25, 0.3) is 0 Å². The number of hydroxylamine groups is 1. The van der Waals surface area contributed by atoms with Gasteiger partial charge in [-0.2, -0.15) is 5.06 Å². The minimum absolute atomic E-state index is 0.104. The number of ether oxygens (including phenoxy) is 2. The van der Waals surface area contributed by atoms with Crippen LogP contribution in [-0.2, 0) is 17.8 Å². The fraction of sp³-hybridized carbons (Fsp3) is 0.316. The molecule has 8 heteroatoms. The van der Waals surface area contributed by atoms with Gasteiger partial charge in [-0.3, -0.25) is 5.21 Å². The van der Waals surface area contributed by atoms with Crippen LogP contribution in [0.15, 0.2) is 30.3 Å². The summed E-state index contributed by atoms with van der Waals surface area (Å²) in [5.74, 6) is -0.732. The number of rotatable bonds is 6. The number of aryl methyl sites for hydroxylation is 2. The Morgan fingerprint density at radius 1 is 1.30 bits per heavy atom. The van der Waals surface area contributed by atoms with E-state index in [1.165, 1.54) is 24.3 Å². The van der Waals surface area contributed by atoms with Crippen molar-refractivity contribution in [2.24, 2.45) is 0 Å². The summed E-state index contributed by atoms with van der Waals surface area (Å²) in [7, 11) is 1.03. The Morgan fingerprint density at radius 3 is 2.59 bits per heavy atom. The van der Waals surface area contributed by atoms with Gasteiger partial charge in [-0.15, -0.1) is 0 Å². The zero-order valence-electron chi connectivity index (χ0n) is 15.1. The third-order valence-corrected chi connectivity index (χ3v) is 4.14. The number of carbonyl (C=O) groups is 1. The van der Waals surface area contributed by atoms with Gasteiger partial charge in [0.25, 0.3) is 6.43 Å². The minimum Gasteiger partial charge on any atom is -0.486 e. The van der Waals surface area contributed by atoms with Crippen molar-refractivity contribution >= 4 is 11.8 Å². The van der Waals surface area contributed by atoms with Crippen LogP contribution in [0, 0.1) is 12.7 Å². The van der Waals surface area contributed by atoms with Gasteiger partial charge in [-0.1, -0.05) is 19.1 Å². The molecule has 27 heavy (non-hydrogen) atoms. The van der Waals surface area contributed by atoms with Crippen molar-refractivity contribution in [1.82, 2.24) is 0 Å². The number of nitrogens with zero attached hydrogens (tertiary/aromatic N) is 1. The predicted octanol–water partition coefficient (Wildman–Crippen LogP) is 5.18. The van der Waals surface area contributed by atoms with Gasteiger partial charge in [0, 0.05) is 11.1 Å². The van der Waals surface area contributed by atoms with Gasteiger partial charge in [0.05, 0.1) is 12.8 Å². The zero-order chi connectivity index (χ0) is 20.1. The summed E-state index contributed by atoms with van der Waals surface area (Å²) in [6.07, 6.45) is -3.40. The minimum atomic E-state index is -2.89. The third kappa shape index (κ3) is 4.51. The molecule has 0 heterocycles. The van der Waals surface area contributed by atoms with E-state index in [2.05, 4.69) is 4.74 Å². The summed E-state index contributed by atoms with van der Waals surface area (Å²) in [4.78, 5) is 11.6. The standard InChI is InChI=1S/C19H20F3NO4/c1-4-12-9-15(20)17(8-11(12)2)27-10-14-13(18(21)22)6-5-7-16(14)23(25)19(24)26-3/h5-9,18,25H,4,10H2,1-3H3. The first-order chi connectivity index (χ1) is 12.8. The van der Waals surface area contributed by atoms with Gasteiger partial charge in [0.15, 0.2) is 11.6 Å². The average molecular weight is 383 g/mol. The number of amides is 1. The van der Waals surface area contributed by atoms with Gasteiger partial charge in [0.2, 0.25) is 0 Å². The van der Waals surface area contributed by atoms with E-state index in [0.29, 0.717) is 6.42 Å². The molecule has 5 nitrogen and oxygen atoms in total. The molecule has 0 aliphatic rings. The Kier molecular flexibility index (Phi) is 6.68. The van der Waals surface area contributed by atoms with Gasteiger partial charge >= 0.3 is 6.09 Å². The molecule has 0 atom stereocenters. The Morgan fingerprint density at radius 2 is 2.00 bits per heavy atom. The molecule has 0 unspecified atom stereocenters. The van der Waals surface area contributed by atoms with Crippen molar-refractivity contribution in [1.29, 1.82) is 0 Å². The summed E-state index contributed by atoms with van der Waals surface area (Å²) >= 11 is 0. The van der Waals surface area contributed by atoms with Crippen molar-refractivity contribution in [3.8, 4) is 5.75 Å². The summed E-state index contributed by atoms with van der Waals surface area (Å²) in [6, 6.07) is 6.46. The number of benzene rings is 2. The topological polar surface area (TPSA) is 59.0 Å². The lowest BCUT2D eigenvalue weighted by Crippen LogP contribution is -2.28. The Balaban J connectivity index is 2.40. The van der Waals surface area contributed by atoms with E-state index in [1.54, 1.807) is 6.92 Å². The Labute approximate surface area is 154 Å². The third-order valence-electron chi connectivity index (χ3n) is 4.14. The lowest BCUT2D eigenvalue weighted by molar-refractivity contribution is 0.138. The SMILES string of the molecule is CCc1cc(F)c(OCc2c(C(F)F)cccc2N(O)C(=O)OC)cc1C. The number of halogens is 3. The van der Waals surface area contributed by atoms with Crippen molar-refractivity contribution in [3.63, 3.8) is 0 Å². The maximum Gasteiger partial charge on any atom is 0.438 e. The van der Waals surface area contributed by atoms with Crippen LogP contribution in [0.3, 0.4) is 0 Å². The van der Waals surface area contributed by atoms with E-state index in [4.69, 9.17) is 4.74 Å². The van der Waals surface area contributed by atoms with Crippen molar-refractivity contribution in [2.75, 3.05) is 12.2 Å². The highest BCUT2D eigenvalue weighted by molar-refractivity contribution is 5.86. The molecular formula is C19H20F3NO4. The second-order valence-corrected chi connectivity index (χ2v) is 5.78. The van der Waals surface area contributed by atoms with Crippen LogP contribution >= 0.6 is 0 Å². The fourth-order valence-electron chi connectivity index (χ4n) is 2.67. The smallest absolute Gasteiger partial charge is 0.438 e. The van der Waals surface area contributed by atoms with E-state index in [-0.39, 0.29) is 22.1 Å². The molecule has 0 aromatic heterocycles. The first kappa shape index (κ1) is 20.6. The normalized spacial score (nSPS) is 10.8. The van der Waals surface area contributed by atoms with E-state index >= 15 is 0 Å². The Hall–Kier alpha value is -2.74. The summed E-state index contributed by atoms with van der Waals surface area (Å²) < 4.78 is 50.8. The molecule has 0 bridgehead atoms. The van der Waals surface area contributed by atoms with Crippen LogP contribution < -0.4 is 9.80 Å². The maximum absolute atomic E-state index is 14.2. The first-order valence-corrected chi connectivity index (χ1v) is 8.18. The molecule has 0 spiro atoms. The van der Waals surface area contributed by atoms with E-state index < -0.39 is 30.5 Å². The van der Waals surface area contributed by atoms with E-state index in [9.17, 15) is 23.2 Å². The largest absolute Gasteiger partial charge is 0.486 e. The number of alkyl halides is 2. The molecule has 146 valence electrons.